The molecule has 0 bridgehead atoms. The molecule has 0 fully saturated rings. The van der Waals surface area contributed by atoms with E-state index in [0.717, 1.165) is 0 Å². The summed E-state index contributed by atoms with van der Waals surface area (Å²) in [4.78, 5) is 11.9. The number of halogens is 1. The standard InChI is InChI=1S/C15H17ClN2O4/c1-20-5-4-18-15(19)11(9-17)6-10-7-13(21-2)14(22-3)8-12(10)16/h6-8H,4-5H2,1-3H3,(H,18,19)/b11-6+. The van der Waals surface area contributed by atoms with Gasteiger partial charge in [0.1, 0.15) is 11.6 Å². The quantitative estimate of drug-likeness (QED) is 0.471. The highest BCUT2D eigenvalue weighted by Gasteiger charge is 2.12. The van der Waals surface area contributed by atoms with E-state index in [2.05, 4.69) is 5.32 Å². The summed E-state index contributed by atoms with van der Waals surface area (Å²) in [5.74, 6) is 0.424. The Morgan fingerprint density at radius 1 is 1.32 bits per heavy atom. The Balaban J connectivity index is 3.07. The molecular formula is C15H17ClN2O4. The maximum absolute atomic E-state index is 11.9. The number of rotatable bonds is 7. The van der Waals surface area contributed by atoms with Gasteiger partial charge in [0, 0.05) is 19.7 Å². The van der Waals surface area contributed by atoms with Crippen molar-refractivity contribution in [3.63, 3.8) is 0 Å². The first kappa shape index (κ1) is 17.8. The first-order valence-corrected chi connectivity index (χ1v) is 6.75. The third-order valence-corrected chi connectivity index (χ3v) is 3.09. The smallest absolute Gasteiger partial charge is 0.262 e. The lowest BCUT2D eigenvalue weighted by Gasteiger charge is -2.10. The Bertz CT molecular complexity index is 608. The van der Waals surface area contributed by atoms with Crippen molar-refractivity contribution in [3.05, 3.63) is 28.3 Å². The number of benzene rings is 1. The van der Waals surface area contributed by atoms with Crippen molar-refractivity contribution in [2.24, 2.45) is 0 Å². The number of nitrogens with one attached hydrogen (secondary N) is 1. The molecule has 7 heteroatoms. The van der Waals surface area contributed by atoms with Gasteiger partial charge in [0.25, 0.3) is 5.91 Å². The average molecular weight is 325 g/mol. The molecule has 0 atom stereocenters. The normalized spacial score (nSPS) is 10.8. The lowest BCUT2D eigenvalue weighted by Crippen LogP contribution is -2.27. The number of nitrogens with zero attached hydrogens (tertiary/aromatic N) is 1. The van der Waals surface area contributed by atoms with Gasteiger partial charge in [-0.3, -0.25) is 4.79 Å². The Hall–Kier alpha value is -2.23. The summed E-state index contributed by atoms with van der Waals surface area (Å²) in [6.45, 7) is 0.676. The summed E-state index contributed by atoms with van der Waals surface area (Å²) in [7, 11) is 4.51. The van der Waals surface area contributed by atoms with Crippen molar-refractivity contribution in [1.29, 1.82) is 5.26 Å². The van der Waals surface area contributed by atoms with E-state index in [1.54, 1.807) is 12.1 Å². The summed E-state index contributed by atoms with van der Waals surface area (Å²) in [6, 6.07) is 5.01. The number of hydrogen-bond acceptors (Lipinski definition) is 5. The van der Waals surface area contributed by atoms with Crippen molar-refractivity contribution in [2.45, 2.75) is 0 Å². The van der Waals surface area contributed by atoms with Crippen LogP contribution in [0.4, 0.5) is 0 Å². The maximum atomic E-state index is 11.9. The van der Waals surface area contributed by atoms with Gasteiger partial charge in [0.05, 0.1) is 25.8 Å². The van der Waals surface area contributed by atoms with Crippen LogP contribution in [0, 0.1) is 11.3 Å². The molecule has 1 aromatic rings. The van der Waals surface area contributed by atoms with Gasteiger partial charge in [-0.1, -0.05) is 11.6 Å². The van der Waals surface area contributed by atoms with Crippen LogP contribution in [0.25, 0.3) is 6.08 Å². The number of carbonyl (C=O) groups is 1. The van der Waals surface area contributed by atoms with E-state index >= 15 is 0 Å². The van der Waals surface area contributed by atoms with E-state index in [4.69, 9.17) is 31.1 Å². The van der Waals surface area contributed by atoms with E-state index in [-0.39, 0.29) is 5.57 Å². The Morgan fingerprint density at radius 3 is 2.50 bits per heavy atom. The van der Waals surface area contributed by atoms with Crippen molar-refractivity contribution < 1.29 is 19.0 Å². The van der Waals surface area contributed by atoms with Gasteiger partial charge < -0.3 is 19.5 Å². The fraction of sp³-hybridized carbons (Fsp3) is 0.333. The van der Waals surface area contributed by atoms with Crippen LogP contribution in [0.15, 0.2) is 17.7 Å². The van der Waals surface area contributed by atoms with E-state index in [1.807, 2.05) is 6.07 Å². The molecule has 6 nitrogen and oxygen atoms in total. The van der Waals surface area contributed by atoms with Gasteiger partial charge in [-0.05, 0) is 17.7 Å². The first-order chi connectivity index (χ1) is 10.6. The number of methoxy groups -OCH3 is 3. The molecule has 0 aromatic heterocycles. The second-order valence-corrected chi connectivity index (χ2v) is 4.55. The highest BCUT2D eigenvalue weighted by molar-refractivity contribution is 6.32. The number of hydrogen-bond donors (Lipinski definition) is 1. The molecule has 0 aliphatic rings. The van der Waals surface area contributed by atoms with E-state index in [1.165, 1.54) is 27.4 Å². The zero-order chi connectivity index (χ0) is 16.5. The largest absolute Gasteiger partial charge is 0.493 e. The summed E-state index contributed by atoms with van der Waals surface area (Å²) in [5, 5.41) is 12.0. The van der Waals surface area contributed by atoms with Gasteiger partial charge in [-0.2, -0.15) is 5.26 Å². The minimum absolute atomic E-state index is 0.0646. The number of carbonyl (C=O) groups excluding carboxylic acids is 1. The zero-order valence-electron chi connectivity index (χ0n) is 12.6. The van der Waals surface area contributed by atoms with Gasteiger partial charge in [-0.25, -0.2) is 0 Å². The molecule has 0 heterocycles. The van der Waals surface area contributed by atoms with Gasteiger partial charge in [-0.15, -0.1) is 0 Å². The van der Waals surface area contributed by atoms with Crippen LogP contribution in [-0.4, -0.2) is 40.4 Å². The lowest BCUT2D eigenvalue weighted by atomic mass is 10.1. The topological polar surface area (TPSA) is 80.6 Å². The predicted molar refractivity (Wildman–Crippen MR) is 83.0 cm³/mol. The Morgan fingerprint density at radius 2 is 1.95 bits per heavy atom. The van der Waals surface area contributed by atoms with E-state index in [9.17, 15) is 4.79 Å². The molecule has 0 spiro atoms. The minimum atomic E-state index is -0.495. The van der Waals surface area contributed by atoms with Crippen LogP contribution in [0.3, 0.4) is 0 Å². The molecule has 0 saturated heterocycles. The van der Waals surface area contributed by atoms with Gasteiger partial charge in [0.2, 0.25) is 0 Å². The summed E-state index contributed by atoms with van der Waals surface area (Å²) in [6.07, 6.45) is 1.40. The van der Waals surface area contributed by atoms with Gasteiger partial charge in [0.15, 0.2) is 11.5 Å². The van der Waals surface area contributed by atoms with Crippen LogP contribution in [0.1, 0.15) is 5.56 Å². The molecular weight excluding hydrogens is 308 g/mol. The number of amides is 1. The molecule has 1 N–H and O–H groups in total. The minimum Gasteiger partial charge on any atom is -0.493 e. The number of ether oxygens (including phenoxy) is 3. The van der Waals surface area contributed by atoms with Crippen molar-refractivity contribution in [2.75, 3.05) is 34.5 Å². The second-order valence-electron chi connectivity index (χ2n) is 4.15. The summed E-state index contributed by atoms with van der Waals surface area (Å²) in [5.41, 5.74) is 0.419. The van der Waals surface area contributed by atoms with E-state index < -0.39 is 5.91 Å². The van der Waals surface area contributed by atoms with Crippen LogP contribution >= 0.6 is 11.6 Å². The molecule has 0 unspecified atom stereocenters. The average Bonchev–Trinajstić information content (AvgIpc) is 2.53. The van der Waals surface area contributed by atoms with E-state index in [0.29, 0.717) is 35.2 Å². The third kappa shape index (κ3) is 4.65. The number of nitriles is 1. The molecule has 0 aliphatic heterocycles. The molecule has 1 aromatic carbocycles. The molecule has 118 valence electrons. The maximum Gasteiger partial charge on any atom is 0.262 e. The molecule has 22 heavy (non-hydrogen) atoms. The van der Waals surface area contributed by atoms with Gasteiger partial charge >= 0.3 is 0 Å². The van der Waals surface area contributed by atoms with Crippen LogP contribution < -0.4 is 14.8 Å². The molecule has 0 aliphatic carbocycles. The lowest BCUT2D eigenvalue weighted by molar-refractivity contribution is -0.117. The monoisotopic (exact) mass is 324 g/mol. The first-order valence-electron chi connectivity index (χ1n) is 6.37. The Labute approximate surface area is 134 Å². The molecule has 1 amide bonds. The fourth-order valence-electron chi connectivity index (χ4n) is 1.65. The van der Waals surface area contributed by atoms with Crippen LogP contribution in [0.5, 0.6) is 11.5 Å². The van der Waals surface area contributed by atoms with Crippen LogP contribution in [0.2, 0.25) is 5.02 Å². The van der Waals surface area contributed by atoms with Crippen molar-refractivity contribution in [1.82, 2.24) is 5.32 Å². The fourth-order valence-corrected chi connectivity index (χ4v) is 1.85. The van der Waals surface area contributed by atoms with Crippen molar-refractivity contribution in [3.8, 4) is 17.6 Å². The van der Waals surface area contributed by atoms with Crippen LogP contribution in [-0.2, 0) is 9.53 Å². The zero-order valence-corrected chi connectivity index (χ0v) is 13.4. The molecule has 0 saturated carbocycles. The predicted octanol–water partition coefficient (Wildman–Crippen LogP) is 2.03. The summed E-state index contributed by atoms with van der Waals surface area (Å²) >= 11 is 6.13. The highest BCUT2D eigenvalue weighted by atomic mass is 35.5. The summed E-state index contributed by atoms with van der Waals surface area (Å²) < 4.78 is 15.1. The highest BCUT2D eigenvalue weighted by Crippen LogP contribution is 2.34. The molecule has 1 rings (SSSR count). The third-order valence-electron chi connectivity index (χ3n) is 2.76. The van der Waals surface area contributed by atoms with Crippen molar-refractivity contribution >= 4 is 23.6 Å². The second kappa shape index (κ2) is 8.93. The SMILES string of the molecule is COCCNC(=O)/C(C#N)=C/c1cc(OC)c(OC)cc1Cl. The Kier molecular flexibility index (Phi) is 7.23. The molecule has 0 radical (unpaired) electrons.